The third-order valence-corrected chi connectivity index (χ3v) is 5.05. The first-order valence-electron chi connectivity index (χ1n) is 8.65. The molecule has 0 aliphatic carbocycles. The van der Waals surface area contributed by atoms with Crippen LogP contribution in [0.5, 0.6) is 0 Å². The third-order valence-electron chi connectivity index (χ3n) is 3.74. The Morgan fingerprint density at radius 3 is 1.89 bits per heavy atom. The Balaban J connectivity index is 2.00. The molecule has 0 spiro atoms. The van der Waals surface area contributed by atoms with Gasteiger partial charge < -0.3 is 10.6 Å². The molecule has 2 aromatic rings. The van der Waals surface area contributed by atoms with E-state index in [4.69, 9.17) is 0 Å². The van der Waals surface area contributed by atoms with Crippen LogP contribution in [0.3, 0.4) is 0 Å². The SMILES string of the molecule is CCCNC(=O)CNC(=O)CSC(c1ccc(F)cc1)c1ccc(F)cc1. The van der Waals surface area contributed by atoms with Crippen molar-refractivity contribution in [3.8, 4) is 0 Å². The van der Waals surface area contributed by atoms with Gasteiger partial charge in [-0.15, -0.1) is 11.8 Å². The molecule has 0 aliphatic rings. The standard InChI is InChI=1S/C20H22F2N2O2S/c1-2-11-23-18(25)12-24-19(26)13-27-20(14-3-7-16(21)8-4-14)15-5-9-17(22)10-6-15/h3-10,20H,2,11-13H2,1H3,(H,23,25)(H,24,26). The zero-order valence-electron chi connectivity index (χ0n) is 15.0. The maximum Gasteiger partial charge on any atom is 0.239 e. The lowest BCUT2D eigenvalue weighted by molar-refractivity contribution is -0.124. The monoisotopic (exact) mass is 392 g/mol. The highest BCUT2D eigenvalue weighted by Crippen LogP contribution is 2.35. The van der Waals surface area contributed by atoms with Gasteiger partial charge in [-0.25, -0.2) is 8.78 Å². The summed E-state index contributed by atoms with van der Waals surface area (Å²) in [4.78, 5) is 23.6. The fourth-order valence-corrected chi connectivity index (χ4v) is 3.50. The number of amides is 2. The molecule has 0 saturated carbocycles. The Labute approximate surface area is 161 Å². The van der Waals surface area contributed by atoms with Gasteiger partial charge in [0.05, 0.1) is 17.5 Å². The van der Waals surface area contributed by atoms with Crippen molar-refractivity contribution in [1.82, 2.24) is 10.6 Å². The number of nitrogens with one attached hydrogen (secondary N) is 2. The molecule has 2 N–H and O–H groups in total. The largest absolute Gasteiger partial charge is 0.355 e. The molecular weight excluding hydrogens is 370 g/mol. The molecule has 0 heterocycles. The highest BCUT2D eigenvalue weighted by molar-refractivity contribution is 8.00. The Bertz CT molecular complexity index is 706. The van der Waals surface area contributed by atoms with Crippen LogP contribution in [0, 0.1) is 11.6 Å². The van der Waals surface area contributed by atoms with E-state index >= 15 is 0 Å². The van der Waals surface area contributed by atoms with Gasteiger partial charge in [-0.1, -0.05) is 31.2 Å². The normalized spacial score (nSPS) is 10.7. The first-order valence-corrected chi connectivity index (χ1v) is 9.70. The van der Waals surface area contributed by atoms with Gasteiger partial charge in [0.25, 0.3) is 0 Å². The summed E-state index contributed by atoms with van der Waals surface area (Å²) in [5.74, 6) is -1.10. The third kappa shape index (κ3) is 7.02. The molecular formula is C20H22F2N2O2S. The summed E-state index contributed by atoms with van der Waals surface area (Å²) in [6.45, 7) is 2.44. The van der Waals surface area contributed by atoms with E-state index in [1.807, 2.05) is 6.92 Å². The lowest BCUT2D eigenvalue weighted by Gasteiger charge is -2.18. The van der Waals surface area contributed by atoms with Crippen molar-refractivity contribution in [2.75, 3.05) is 18.8 Å². The maximum absolute atomic E-state index is 13.2. The highest BCUT2D eigenvalue weighted by Gasteiger charge is 2.17. The number of hydrogen-bond acceptors (Lipinski definition) is 3. The number of benzene rings is 2. The van der Waals surface area contributed by atoms with E-state index in [1.165, 1.54) is 36.0 Å². The van der Waals surface area contributed by atoms with Gasteiger partial charge in [0.1, 0.15) is 11.6 Å². The number of halogens is 2. The number of carbonyl (C=O) groups excluding carboxylic acids is 2. The van der Waals surface area contributed by atoms with E-state index in [-0.39, 0.29) is 41.0 Å². The van der Waals surface area contributed by atoms with Crippen molar-refractivity contribution in [3.63, 3.8) is 0 Å². The lowest BCUT2D eigenvalue weighted by atomic mass is 10.0. The second-order valence-electron chi connectivity index (χ2n) is 5.92. The molecule has 0 aromatic heterocycles. The first-order chi connectivity index (χ1) is 13.0. The number of hydrogen-bond donors (Lipinski definition) is 2. The molecule has 0 fully saturated rings. The van der Waals surface area contributed by atoms with Gasteiger partial charge in [0.15, 0.2) is 0 Å². The van der Waals surface area contributed by atoms with Crippen LogP contribution >= 0.6 is 11.8 Å². The van der Waals surface area contributed by atoms with E-state index in [2.05, 4.69) is 10.6 Å². The van der Waals surface area contributed by atoms with Gasteiger partial charge in [-0.3, -0.25) is 9.59 Å². The second-order valence-corrected chi connectivity index (χ2v) is 7.01. The van der Waals surface area contributed by atoms with Crippen LogP contribution in [0.4, 0.5) is 8.78 Å². The van der Waals surface area contributed by atoms with Crippen LogP contribution in [0.2, 0.25) is 0 Å². The van der Waals surface area contributed by atoms with E-state index in [0.29, 0.717) is 6.54 Å². The predicted molar refractivity (Wildman–Crippen MR) is 103 cm³/mol. The van der Waals surface area contributed by atoms with Crippen molar-refractivity contribution in [2.45, 2.75) is 18.6 Å². The summed E-state index contributed by atoms with van der Waals surface area (Å²) in [5, 5.41) is 5.00. The minimum Gasteiger partial charge on any atom is -0.355 e. The molecule has 0 aliphatic heterocycles. The summed E-state index contributed by atoms with van der Waals surface area (Å²) >= 11 is 1.33. The Morgan fingerprint density at radius 2 is 1.41 bits per heavy atom. The predicted octanol–water partition coefficient (Wildman–Crippen LogP) is 3.43. The molecule has 2 rings (SSSR count). The summed E-state index contributed by atoms with van der Waals surface area (Å²) < 4.78 is 26.5. The van der Waals surface area contributed by atoms with E-state index in [9.17, 15) is 18.4 Å². The molecule has 7 heteroatoms. The topological polar surface area (TPSA) is 58.2 Å². The average molecular weight is 392 g/mol. The summed E-state index contributed by atoms with van der Waals surface area (Å²) in [7, 11) is 0. The van der Waals surface area contributed by atoms with Gasteiger partial charge in [0.2, 0.25) is 11.8 Å². The molecule has 2 aromatic carbocycles. The van der Waals surface area contributed by atoms with Crippen LogP contribution in [0.15, 0.2) is 48.5 Å². The average Bonchev–Trinajstić information content (AvgIpc) is 2.67. The molecule has 0 saturated heterocycles. The van der Waals surface area contributed by atoms with Gasteiger partial charge in [-0.2, -0.15) is 0 Å². The molecule has 27 heavy (non-hydrogen) atoms. The van der Waals surface area contributed by atoms with Crippen molar-refractivity contribution in [2.24, 2.45) is 0 Å². The first kappa shape index (κ1) is 20.9. The molecule has 144 valence electrons. The zero-order valence-corrected chi connectivity index (χ0v) is 15.8. The Morgan fingerprint density at radius 1 is 0.889 bits per heavy atom. The Kier molecular flexibility index (Phi) is 8.26. The fourth-order valence-electron chi connectivity index (χ4n) is 2.38. The van der Waals surface area contributed by atoms with Gasteiger partial charge >= 0.3 is 0 Å². The minimum atomic E-state index is -0.350. The summed E-state index contributed by atoms with van der Waals surface area (Å²) in [6, 6.07) is 12.0. The van der Waals surface area contributed by atoms with Crippen LogP contribution < -0.4 is 10.6 Å². The maximum atomic E-state index is 13.2. The summed E-state index contributed by atoms with van der Waals surface area (Å²) in [6.07, 6.45) is 0.826. The van der Waals surface area contributed by atoms with E-state index in [0.717, 1.165) is 17.5 Å². The number of thioether (sulfide) groups is 1. The van der Waals surface area contributed by atoms with Crippen LogP contribution in [-0.4, -0.2) is 30.7 Å². The van der Waals surface area contributed by atoms with Crippen molar-refractivity contribution in [3.05, 3.63) is 71.3 Å². The van der Waals surface area contributed by atoms with E-state index in [1.54, 1.807) is 24.3 Å². The minimum absolute atomic E-state index is 0.0723. The number of rotatable bonds is 9. The molecule has 0 radical (unpaired) electrons. The molecule has 0 unspecified atom stereocenters. The molecule has 4 nitrogen and oxygen atoms in total. The van der Waals surface area contributed by atoms with Crippen LogP contribution in [-0.2, 0) is 9.59 Å². The molecule has 0 atom stereocenters. The highest BCUT2D eigenvalue weighted by atomic mass is 32.2. The molecule has 0 bridgehead atoms. The van der Waals surface area contributed by atoms with Crippen LogP contribution in [0.25, 0.3) is 0 Å². The van der Waals surface area contributed by atoms with Crippen molar-refractivity contribution in [1.29, 1.82) is 0 Å². The van der Waals surface area contributed by atoms with Gasteiger partial charge in [0, 0.05) is 6.54 Å². The second kappa shape index (κ2) is 10.7. The fraction of sp³-hybridized carbons (Fsp3) is 0.300. The quantitative estimate of drug-likeness (QED) is 0.687. The zero-order chi connectivity index (χ0) is 19.6. The summed E-state index contributed by atoms with van der Waals surface area (Å²) in [5.41, 5.74) is 1.61. The van der Waals surface area contributed by atoms with Gasteiger partial charge in [-0.05, 0) is 41.8 Å². The Hall–Kier alpha value is -2.41. The van der Waals surface area contributed by atoms with Crippen molar-refractivity contribution >= 4 is 23.6 Å². The lowest BCUT2D eigenvalue weighted by Crippen LogP contribution is -2.37. The smallest absolute Gasteiger partial charge is 0.239 e. The molecule has 2 amide bonds. The van der Waals surface area contributed by atoms with Crippen molar-refractivity contribution < 1.29 is 18.4 Å². The van der Waals surface area contributed by atoms with Crippen LogP contribution in [0.1, 0.15) is 29.7 Å². The van der Waals surface area contributed by atoms with E-state index < -0.39 is 0 Å². The number of carbonyl (C=O) groups is 2.